The van der Waals surface area contributed by atoms with Crippen LogP contribution in [-0.4, -0.2) is 50.0 Å². The standard InChI is InChI=1S/C11H16N4O3/c1-8-5-12-13-15(8)7-10(16)14-4-2-3-9(6-14)11(17)18/h5,9H,2-4,6-7H2,1H3,(H,17,18). The fraction of sp³-hybridized carbons (Fsp3) is 0.636. The molecule has 0 saturated carbocycles. The molecule has 0 aromatic carbocycles. The molecule has 1 aliphatic heterocycles. The van der Waals surface area contributed by atoms with Crippen LogP contribution in [0.2, 0.25) is 0 Å². The van der Waals surface area contributed by atoms with Crippen molar-refractivity contribution in [2.45, 2.75) is 26.3 Å². The zero-order chi connectivity index (χ0) is 13.1. The molecule has 0 spiro atoms. The molecule has 1 aromatic heterocycles. The first kappa shape index (κ1) is 12.5. The number of nitrogens with zero attached hydrogens (tertiary/aromatic N) is 4. The molecule has 1 N–H and O–H groups in total. The first-order valence-electron chi connectivity index (χ1n) is 5.93. The van der Waals surface area contributed by atoms with Crippen LogP contribution in [0.1, 0.15) is 18.5 Å². The van der Waals surface area contributed by atoms with Crippen molar-refractivity contribution in [3.63, 3.8) is 0 Å². The number of carbonyl (C=O) groups excluding carboxylic acids is 1. The average Bonchev–Trinajstić information content (AvgIpc) is 2.75. The first-order valence-corrected chi connectivity index (χ1v) is 5.93. The fourth-order valence-corrected chi connectivity index (χ4v) is 2.10. The molecule has 1 aliphatic rings. The smallest absolute Gasteiger partial charge is 0.308 e. The van der Waals surface area contributed by atoms with Gasteiger partial charge in [0.1, 0.15) is 6.54 Å². The molecule has 0 bridgehead atoms. The Morgan fingerprint density at radius 2 is 2.33 bits per heavy atom. The fourth-order valence-electron chi connectivity index (χ4n) is 2.10. The Balaban J connectivity index is 1.97. The lowest BCUT2D eigenvalue weighted by molar-refractivity contribution is -0.145. The largest absolute Gasteiger partial charge is 0.481 e. The molecule has 2 heterocycles. The van der Waals surface area contributed by atoms with Crippen molar-refractivity contribution >= 4 is 11.9 Å². The van der Waals surface area contributed by atoms with Gasteiger partial charge in [0.25, 0.3) is 0 Å². The van der Waals surface area contributed by atoms with E-state index in [1.165, 1.54) is 4.68 Å². The van der Waals surface area contributed by atoms with E-state index in [2.05, 4.69) is 10.3 Å². The summed E-state index contributed by atoms with van der Waals surface area (Å²) < 4.78 is 1.52. The summed E-state index contributed by atoms with van der Waals surface area (Å²) >= 11 is 0. The Hall–Kier alpha value is -1.92. The summed E-state index contributed by atoms with van der Waals surface area (Å²) in [5.41, 5.74) is 0.815. The van der Waals surface area contributed by atoms with Gasteiger partial charge in [0.2, 0.25) is 5.91 Å². The Bertz CT molecular complexity index is 457. The average molecular weight is 252 g/mol. The summed E-state index contributed by atoms with van der Waals surface area (Å²) in [7, 11) is 0. The summed E-state index contributed by atoms with van der Waals surface area (Å²) in [4.78, 5) is 24.6. The van der Waals surface area contributed by atoms with Crippen LogP contribution in [0.4, 0.5) is 0 Å². The molecule has 1 unspecified atom stereocenters. The van der Waals surface area contributed by atoms with Gasteiger partial charge in [0.15, 0.2) is 0 Å². The highest BCUT2D eigenvalue weighted by Gasteiger charge is 2.28. The van der Waals surface area contributed by atoms with E-state index >= 15 is 0 Å². The third-order valence-electron chi connectivity index (χ3n) is 3.22. The van der Waals surface area contributed by atoms with E-state index in [1.54, 1.807) is 11.1 Å². The SMILES string of the molecule is Cc1cnnn1CC(=O)N1CCCC(C(=O)O)C1. The number of rotatable bonds is 3. The van der Waals surface area contributed by atoms with E-state index in [-0.39, 0.29) is 12.5 Å². The highest BCUT2D eigenvalue weighted by Crippen LogP contribution is 2.17. The van der Waals surface area contributed by atoms with Gasteiger partial charge < -0.3 is 10.0 Å². The Morgan fingerprint density at radius 3 is 2.94 bits per heavy atom. The minimum Gasteiger partial charge on any atom is -0.481 e. The molecule has 1 fully saturated rings. The highest BCUT2D eigenvalue weighted by molar-refractivity contribution is 5.77. The molecule has 1 amide bonds. The lowest BCUT2D eigenvalue weighted by Gasteiger charge is -2.30. The van der Waals surface area contributed by atoms with Gasteiger partial charge in [-0.2, -0.15) is 0 Å². The van der Waals surface area contributed by atoms with Crippen LogP contribution < -0.4 is 0 Å². The highest BCUT2D eigenvalue weighted by atomic mass is 16.4. The molecule has 0 radical (unpaired) electrons. The second-order valence-electron chi connectivity index (χ2n) is 4.55. The number of hydrogen-bond acceptors (Lipinski definition) is 4. The third-order valence-corrected chi connectivity index (χ3v) is 3.22. The first-order chi connectivity index (χ1) is 8.58. The number of likely N-dealkylation sites (tertiary alicyclic amines) is 1. The maximum Gasteiger partial charge on any atom is 0.308 e. The Morgan fingerprint density at radius 1 is 1.56 bits per heavy atom. The van der Waals surface area contributed by atoms with E-state index in [0.717, 1.165) is 12.1 Å². The van der Waals surface area contributed by atoms with Crippen LogP contribution in [0.5, 0.6) is 0 Å². The molecule has 1 atom stereocenters. The zero-order valence-electron chi connectivity index (χ0n) is 10.2. The van der Waals surface area contributed by atoms with Crippen LogP contribution >= 0.6 is 0 Å². The summed E-state index contributed by atoms with van der Waals surface area (Å²) in [5.74, 6) is -1.38. The summed E-state index contributed by atoms with van der Waals surface area (Å²) in [5, 5.41) is 16.5. The molecule has 1 aromatic rings. The van der Waals surface area contributed by atoms with Gasteiger partial charge in [-0.25, -0.2) is 4.68 Å². The minimum absolute atomic E-state index is 0.102. The van der Waals surface area contributed by atoms with Crippen molar-refractivity contribution in [3.05, 3.63) is 11.9 Å². The molecule has 7 heteroatoms. The van der Waals surface area contributed by atoms with Gasteiger partial charge in [0, 0.05) is 13.1 Å². The molecule has 7 nitrogen and oxygen atoms in total. The molecular formula is C11H16N4O3. The van der Waals surface area contributed by atoms with Crippen molar-refractivity contribution in [2.24, 2.45) is 5.92 Å². The summed E-state index contributed by atoms with van der Waals surface area (Å²) in [6.45, 7) is 2.86. The number of aromatic nitrogens is 3. The number of piperidine rings is 1. The van der Waals surface area contributed by atoms with E-state index in [4.69, 9.17) is 5.11 Å². The van der Waals surface area contributed by atoms with Gasteiger partial charge >= 0.3 is 5.97 Å². The molecular weight excluding hydrogens is 236 g/mol. The predicted molar refractivity (Wildman–Crippen MR) is 61.7 cm³/mol. The second-order valence-corrected chi connectivity index (χ2v) is 4.55. The van der Waals surface area contributed by atoms with Gasteiger partial charge in [0.05, 0.1) is 17.8 Å². The van der Waals surface area contributed by atoms with Gasteiger partial charge in [-0.3, -0.25) is 9.59 Å². The van der Waals surface area contributed by atoms with Gasteiger partial charge in [-0.1, -0.05) is 5.21 Å². The quantitative estimate of drug-likeness (QED) is 0.812. The molecule has 2 rings (SSSR count). The maximum absolute atomic E-state index is 12.0. The molecule has 1 saturated heterocycles. The van der Waals surface area contributed by atoms with Crippen molar-refractivity contribution in [3.8, 4) is 0 Å². The monoisotopic (exact) mass is 252 g/mol. The van der Waals surface area contributed by atoms with Crippen LogP contribution in [0.25, 0.3) is 0 Å². The molecule has 98 valence electrons. The normalized spacial score (nSPS) is 19.8. The van der Waals surface area contributed by atoms with Crippen LogP contribution in [0, 0.1) is 12.8 Å². The van der Waals surface area contributed by atoms with Crippen LogP contribution in [0.3, 0.4) is 0 Å². The van der Waals surface area contributed by atoms with Crippen molar-refractivity contribution in [2.75, 3.05) is 13.1 Å². The number of aliphatic carboxylic acids is 1. The number of carbonyl (C=O) groups is 2. The Labute approximate surface area is 104 Å². The van der Waals surface area contributed by atoms with Crippen molar-refractivity contribution in [1.82, 2.24) is 19.9 Å². The second kappa shape index (κ2) is 5.16. The number of carboxylic acid groups (broad SMARTS) is 1. The lowest BCUT2D eigenvalue weighted by Crippen LogP contribution is -2.43. The van der Waals surface area contributed by atoms with Crippen molar-refractivity contribution < 1.29 is 14.7 Å². The number of aryl methyl sites for hydroxylation is 1. The van der Waals surface area contributed by atoms with E-state index in [9.17, 15) is 9.59 Å². The minimum atomic E-state index is -0.829. The summed E-state index contributed by atoms with van der Waals surface area (Å²) in [6, 6.07) is 0. The topological polar surface area (TPSA) is 88.3 Å². The number of amides is 1. The van der Waals surface area contributed by atoms with E-state index in [1.807, 2.05) is 6.92 Å². The lowest BCUT2D eigenvalue weighted by atomic mass is 9.98. The maximum atomic E-state index is 12.0. The molecule has 0 aliphatic carbocycles. The van der Waals surface area contributed by atoms with Gasteiger partial charge in [-0.15, -0.1) is 5.10 Å². The van der Waals surface area contributed by atoms with Gasteiger partial charge in [-0.05, 0) is 19.8 Å². The molecule has 18 heavy (non-hydrogen) atoms. The van der Waals surface area contributed by atoms with E-state index in [0.29, 0.717) is 19.5 Å². The van der Waals surface area contributed by atoms with E-state index < -0.39 is 11.9 Å². The van der Waals surface area contributed by atoms with Crippen molar-refractivity contribution in [1.29, 1.82) is 0 Å². The summed E-state index contributed by atoms with van der Waals surface area (Å²) in [6.07, 6.45) is 2.96. The number of hydrogen-bond donors (Lipinski definition) is 1. The third kappa shape index (κ3) is 2.66. The zero-order valence-corrected chi connectivity index (χ0v) is 10.2. The Kier molecular flexibility index (Phi) is 3.59. The predicted octanol–water partition coefficient (Wildman–Crippen LogP) is -0.0903. The van der Waals surface area contributed by atoms with Crippen LogP contribution in [0.15, 0.2) is 6.20 Å². The van der Waals surface area contributed by atoms with Crippen LogP contribution in [-0.2, 0) is 16.1 Å². The number of carboxylic acids is 1.